The van der Waals surface area contributed by atoms with Crippen LogP contribution in [0.15, 0.2) is 53.9 Å². The van der Waals surface area contributed by atoms with Gasteiger partial charge in [0.25, 0.3) is 5.91 Å². The van der Waals surface area contributed by atoms with Gasteiger partial charge in [0.2, 0.25) is 0 Å². The van der Waals surface area contributed by atoms with Gasteiger partial charge in [0.05, 0.1) is 31.6 Å². The maximum Gasteiger partial charge on any atom is 0.251 e. The van der Waals surface area contributed by atoms with Gasteiger partial charge in [0.1, 0.15) is 12.3 Å². The summed E-state index contributed by atoms with van der Waals surface area (Å²) >= 11 is 1.65. The zero-order valence-corrected chi connectivity index (χ0v) is 21.1. The molecule has 0 spiro atoms. The van der Waals surface area contributed by atoms with Gasteiger partial charge in [-0.25, -0.2) is 4.98 Å². The van der Waals surface area contributed by atoms with Gasteiger partial charge in [0.15, 0.2) is 17.3 Å². The number of ether oxygens (including phenoxy) is 2. The van der Waals surface area contributed by atoms with Gasteiger partial charge < -0.3 is 25.2 Å². The van der Waals surface area contributed by atoms with Crippen molar-refractivity contribution in [2.75, 3.05) is 39.2 Å². The van der Waals surface area contributed by atoms with Crippen molar-refractivity contribution in [3.05, 3.63) is 70.7 Å². The second-order valence-electron chi connectivity index (χ2n) is 7.99. The number of amides is 1. The Labute approximate surface area is 212 Å². The molecule has 0 saturated carbocycles. The van der Waals surface area contributed by atoms with Gasteiger partial charge in [-0.2, -0.15) is 0 Å². The number of aliphatic hydroxyl groups is 1. The van der Waals surface area contributed by atoms with Gasteiger partial charge >= 0.3 is 0 Å². The summed E-state index contributed by atoms with van der Waals surface area (Å²) in [5, 5.41) is 17.9. The molecule has 0 bridgehead atoms. The predicted octanol–water partition coefficient (Wildman–Crippen LogP) is 4.31. The van der Waals surface area contributed by atoms with Crippen molar-refractivity contribution >= 4 is 38.8 Å². The van der Waals surface area contributed by atoms with Crippen LogP contribution < -0.4 is 20.1 Å². The van der Waals surface area contributed by atoms with Gasteiger partial charge in [-0.3, -0.25) is 9.59 Å². The highest BCUT2D eigenvalue weighted by atomic mass is 32.1. The van der Waals surface area contributed by atoms with Crippen molar-refractivity contribution in [3.63, 3.8) is 0 Å². The van der Waals surface area contributed by atoms with Crippen molar-refractivity contribution in [2.45, 2.75) is 6.92 Å². The molecule has 9 heteroatoms. The van der Waals surface area contributed by atoms with Crippen LogP contribution in [0.4, 0.5) is 5.69 Å². The number of pyridine rings is 1. The second kappa shape index (κ2) is 11.2. The summed E-state index contributed by atoms with van der Waals surface area (Å²) in [4.78, 5) is 30.3. The molecule has 0 saturated heterocycles. The molecule has 3 N–H and O–H groups in total. The van der Waals surface area contributed by atoms with Gasteiger partial charge in [-0.1, -0.05) is 18.2 Å². The largest absolute Gasteiger partial charge is 0.493 e. The number of nitrogens with one attached hydrogen (secondary N) is 2. The van der Waals surface area contributed by atoms with Crippen LogP contribution >= 0.6 is 11.3 Å². The van der Waals surface area contributed by atoms with Crippen molar-refractivity contribution in [1.82, 2.24) is 10.3 Å². The number of aryl methyl sites for hydroxylation is 1. The Kier molecular flexibility index (Phi) is 7.82. The Bertz CT molecular complexity index is 1420. The van der Waals surface area contributed by atoms with Crippen molar-refractivity contribution in [2.24, 2.45) is 0 Å². The highest BCUT2D eigenvalue weighted by Crippen LogP contribution is 2.38. The molecule has 0 aliphatic rings. The van der Waals surface area contributed by atoms with Crippen LogP contribution in [0.5, 0.6) is 11.5 Å². The number of anilines is 1. The number of ketones is 1. The molecular formula is C27H27N3O5S. The van der Waals surface area contributed by atoms with E-state index in [9.17, 15) is 9.59 Å². The minimum atomic E-state index is -0.429. The number of aromatic nitrogens is 1. The average Bonchev–Trinajstić information content (AvgIpc) is 3.35. The van der Waals surface area contributed by atoms with Crippen LogP contribution in [0.1, 0.15) is 26.4 Å². The molecule has 2 heterocycles. The summed E-state index contributed by atoms with van der Waals surface area (Å²) in [5.41, 5.74) is 4.23. The minimum absolute atomic E-state index is 0.110. The summed E-state index contributed by atoms with van der Waals surface area (Å²) in [6.07, 6.45) is 0. The zero-order valence-electron chi connectivity index (χ0n) is 20.3. The Hall–Kier alpha value is -3.95. The van der Waals surface area contributed by atoms with Gasteiger partial charge in [-0.05, 0) is 42.8 Å². The number of carbonyl (C=O) groups is 2. The monoisotopic (exact) mass is 505 g/mol. The van der Waals surface area contributed by atoms with Crippen molar-refractivity contribution in [1.29, 1.82) is 0 Å². The number of hydrogen-bond donors (Lipinski definition) is 3. The first kappa shape index (κ1) is 25.2. The fourth-order valence-corrected chi connectivity index (χ4v) is 4.88. The number of hydrogen-bond acceptors (Lipinski definition) is 8. The van der Waals surface area contributed by atoms with Crippen LogP contribution in [0, 0.1) is 6.92 Å². The molecule has 8 nitrogen and oxygen atoms in total. The highest BCUT2D eigenvalue weighted by Gasteiger charge is 2.18. The standard InChI is InChI=1S/C27H27N3O5S/c1-16-5-4-6-18-19(15-36-26(16)18)25-21(28-2)9-8-20(30-25)22(32)14-29-27(33)17-7-10-23(35-12-11-31)24(13-17)34-3/h4-10,13,15,28,31H,11-12,14H2,1-3H3,(H,29,33). The fraction of sp³-hybridized carbons (Fsp3) is 0.222. The van der Waals surface area contributed by atoms with Gasteiger partial charge in [-0.15, -0.1) is 11.3 Å². The molecule has 0 atom stereocenters. The molecular weight excluding hydrogens is 478 g/mol. The maximum atomic E-state index is 13.0. The summed E-state index contributed by atoms with van der Waals surface area (Å²) < 4.78 is 11.8. The third-order valence-corrected chi connectivity index (χ3v) is 6.82. The lowest BCUT2D eigenvalue weighted by atomic mass is 10.1. The number of methoxy groups -OCH3 is 1. The SMILES string of the molecule is CNc1ccc(C(=O)CNC(=O)c2ccc(OCCO)c(OC)c2)nc1-c1csc2c(C)cccc12. The number of Topliss-reactive ketones (excluding diaryl/α,β-unsaturated/α-hetero) is 1. The van der Waals surface area contributed by atoms with Crippen LogP contribution in [0.3, 0.4) is 0 Å². The van der Waals surface area contributed by atoms with Crippen molar-refractivity contribution in [3.8, 4) is 22.8 Å². The molecule has 0 aliphatic heterocycles. The second-order valence-corrected chi connectivity index (χ2v) is 8.87. The van der Waals surface area contributed by atoms with E-state index in [1.807, 2.05) is 19.2 Å². The van der Waals surface area contributed by atoms with E-state index in [4.69, 9.17) is 14.6 Å². The molecule has 1 amide bonds. The van der Waals surface area contributed by atoms with E-state index in [0.29, 0.717) is 22.8 Å². The number of benzene rings is 2. The smallest absolute Gasteiger partial charge is 0.251 e. The minimum Gasteiger partial charge on any atom is -0.493 e. The third kappa shape index (κ3) is 5.17. The number of thiophene rings is 1. The maximum absolute atomic E-state index is 13.0. The van der Waals surface area contributed by atoms with Crippen molar-refractivity contribution < 1.29 is 24.2 Å². The fourth-order valence-electron chi connectivity index (χ4n) is 3.84. The average molecular weight is 506 g/mol. The van der Waals surface area contributed by atoms with E-state index in [1.165, 1.54) is 23.4 Å². The third-order valence-electron chi connectivity index (χ3n) is 5.69. The molecule has 36 heavy (non-hydrogen) atoms. The Balaban J connectivity index is 1.52. The summed E-state index contributed by atoms with van der Waals surface area (Å²) in [6, 6.07) is 14.3. The molecule has 4 rings (SSSR count). The van der Waals surface area contributed by atoms with Crippen LogP contribution in [-0.2, 0) is 0 Å². The Morgan fingerprint density at radius 3 is 2.69 bits per heavy atom. The number of aliphatic hydroxyl groups excluding tert-OH is 1. The molecule has 2 aromatic heterocycles. The number of carbonyl (C=O) groups excluding carboxylic acids is 2. The summed E-state index contributed by atoms with van der Waals surface area (Å²) in [5.74, 6) is 0.0332. The van der Waals surface area contributed by atoms with Crippen LogP contribution in [-0.4, -0.2) is 55.7 Å². The van der Waals surface area contributed by atoms with E-state index >= 15 is 0 Å². The van der Waals surface area contributed by atoms with Crippen LogP contribution in [0.2, 0.25) is 0 Å². The molecule has 2 aromatic carbocycles. The molecule has 4 aromatic rings. The van der Waals surface area contributed by atoms with Gasteiger partial charge in [0, 0.05) is 33.6 Å². The lowest BCUT2D eigenvalue weighted by molar-refractivity contribution is 0.0902. The Morgan fingerprint density at radius 2 is 1.94 bits per heavy atom. The van der Waals surface area contributed by atoms with E-state index in [-0.39, 0.29) is 31.2 Å². The van der Waals surface area contributed by atoms with E-state index in [0.717, 1.165) is 16.6 Å². The quantitative estimate of drug-likeness (QED) is 0.276. The van der Waals surface area contributed by atoms with E-state index in [2.05, 4.69) is 40.1 Å². The first-order chi connectivity index (χ1) is 17.5. The zero-order chi connectivity index (χ0) is 25.7. The molecule has 0 unspecified atom stereocenters. The molecule has 186 valence electrons. The molecule has 0 aliphatic carbocycles. The topological polar surface area (TPSA) is 110 Å². The number of nitrogens with zero attached hydrogens (tertiary/aromatic N) is 1. The lowest BCUT2D eigenvalue weighted by Crippen LogP contribution is -2.30. The first-order valence-electron chi connectivity index (χ1n) is 11.4. The van der Waals surface area contributed by atoms with E-state index < -0.39 is 5.91 Å². The predicted molar refractivity (Wildman–Crippen MR) is 142 cm³/mol. The normalized spacial score (nSPS) is 10.8. The number of rotatable bonds is 10. The summed E-state index contributed by atoms with van der Waals surface area (Å²) in [6.45, 7) is 1.83. The highest BCUT2D eigenvalue weighted by molar-refractivity contribution is 7.18. The first-order valence-corrected chi connectivity index (χ1v) is 12.2. The van der Waals surface area contributed by atoms with E-state index in [1.54, 1.807) is 29.5 Å². The Morgan fingerprint density at radius 1 is 1.11 bits per heavy atom. The lowest BCUT2D eigenvalue weighted by Gasteiger charge is -2.12. The number of fused-ring (bicyclic) bond motifs is 1. The molecule has 0 radical (unpaired) electrons. The summed E-state index contributed by atoms with van der Waals surface area (Å²) in [7, 11) is 3.28. The molecule has 0 fully saturated rings. The van der Waals surface area contributed by atoms with Crippen LogP contribution in [0.25, 0.3) is 21.3 Å².